The van der Waals surface area contributed by atoms with Crippen molar-refractivity contribution in [2.24, 2.45) is 0 Å². The third kappa shape index (κ3) is 2.82. The molecule has 108 valence electrons. The molecular weight excluding hydrogens is 246 g/mol. The maximum Gasteiger partial charge on any atom is 0.0712 e. The van der Waals surface area contributed by atoms with E-state index in [9.17, 15) is 0 Å². The molecule has 1 saturated carbocycles. The molecule has 1 aliphatic carbocycles. The Morgan fingerprint density at radius 3 is 2.35 bits per heavy atom. The maximum absolute atomic E-state index is 6.26. The predicted octanol–water partition coefficient (Wildman–Crippen LogP) is 4.52. The zero-order valence-corrected chi connectivity index (χ0v) is 12.2. The van der Waals surface area contributed by atoms with Crippen LogP contribution < -0.4 is 5.73 Å². The number of rotatable bonds is 1. The highest BCUT2D eigenvalue weighted by Gasteiger charge is 2.18. The van der Waals surface area contributed by atoms with E-state index in [0.29, 0.717) is 5.92 Å². The molecule has 3 nitrogen and oxygen atoms in total. The molecule has 2 heterocycles. The van der Waals surface area contributed by atoms with Crippen LogP contribution in [-0.2, 0) is 0 Å². The summed E-state index contributed by atoms with van der Waals surface area (Å²) in [6, 6.07) is 4.21. The number of nitrogens with zero attached hydrogens (tertiary/aromatic N) is 2. The van der Waals surface area contributed by atoms with Crippen molar-refractivity contribution in [1.82, 2.24) is 9.61 Å². The van der Waals surface area contributed by atoms with Crippen LogP contribution in [0.15, 0.2) is 24.5 Å². The van der Waals surface area contributed by atoms with Crippen molar-refractivity contribution in [3.63, 3.8) is 0 Å². The Kier molecular flexibility index (Phi) is 4.24. The van der Waals surface area contributed by atoms with Gasteiger partial charge in [-0.1, -0.05) is 44.9 Å². The van der Waals surface area contributed by atoms with Crippen molar-refractivity contribution in [3.8, 4) is 0 Å². The number of aromatic nitrogens is 2. The summed E-state index contributed by atoms with van der Waals surface area (Å²) >= 11 is 0. The van der Waals surface area contributed by atoms with Crippen molar-refractivity contribution >= 4 is 11.2 Å². The highest BCUT2D eigenvalue weighted by atomic mass is 15.2. The highest BCUT2D eigenvalue weighted by Crippen LogP contribution is 2.35. The van der Waals surface area contributed by atoms with Gasteiger partial charge in [0.05, 0.1) is 17.4 Å². The van der Waals surface area contributed by atoms with E-state index in [2.05, 4.69) is 17.2 Å². The van der Waals surface area contributed by atoms with Crippen molar-refractivity contribution in [1.29, 1.82) is 0 Å². The van der Waals surface area contributed by atoms with Gasteiger partial charge in [-0.05, 0) is 30.9 Å². The summed E-state index contributed by atoms with van der Waals surface area (Å²) in [6.07, 6.45) is 16.0. The van der Waals surface area contributed by atoms with E-state index in [1.54, 1.807) is 0 Å². The van der Waals surface area contributed by atoms with Crippen LogP contribution in [0.25, 0.3) is 5.52 Å². The van der Waals surface area contributed by atoms with Gasteiger partial charge in [0.2, 0.25) is 0 Å². The Hall–Kier alpha value is -1.51. The van der Waals surface area contributed by atoms with Crippen LogP contribution in [0.3, 0.4) is 0 Å². The van der Waals surface area contributed by atoms with Gasteiger partial charge in [0.1, 0.15) is 0 Å². The minimum atomic E-state index is 0.605. The standard InChI is InChI=1S/C17H25N3/c18-15-13-19-20-12-8-11-16(20)17(15)14-9-6-4-2-1-3-5-7-10-14/h8,11-14H,1-7,9-10,18H2. The molecule has 2 aromatic heterocycles. The number of anilines is 1. The van der Waals surface area contributed by atoms with Crippen LogP contribution >= 0.6 is 0 Å². The Morgan fingerprint density at radius 2 is 1.65 bits per heavy atom. The van der Waals surface area contributed by atoms with E-state index in [1.807, 2.05) is 16.9 Å². The summed E-state index contributed by atoms with van der Waals surface area (Å²) in [7, 11) is 0. The van der Waals surface area contributed by atoms with E-state index in [1.165, 1.54) is 68.9 Å². The second-order valence-corrected chi connectivity index (χ2v) is 6.10. The van der Waals surface area contributed by atoms with Crippen LogP contribution in [0.1, 0.15) is 69.3 Å². The van der Waals surface area contributed by atoms with Crippen LogP contribution in [0.5, 0.6) is 0 Å². The smallest absolute Gasteiger partial charge is 0.0712 e. The second kappa shape index (κ2) is 6.29. The van der Waals surface area contributed by atoms with Gasteiger partial charge in [-0.15, -0.1) is 0 Å². The molecule has 0 radical (unpaired) electrons. The fourth-order valence-electron chi connectivity index (χ4n) is 3.57. The summed E-state index contributed by atoms with van der Waals surface area (Å²) in [5.41, 5.74) is 9.67. The first-order valence-electron chi connectivity index (χ1n) is 8.08. The number of hydrogen-bond donors (Lipinski definition) is 1. The lowest BCUT2D eigenvalue weighted by atomic mass is 9.86. The fourth-order valence-corrected chi connectivity index (χ4v) is 3.57. The molecule has 0 aromatic carbocycles. The molecule has 1 fully saturated rings. The monoisotopic (exact) mass is 271 g/mol. The first-order chi connectivity index (χ1) is 9.86. The molecule has 0 aliphatic heterocycles. The zero-order valence-electron chi connectivity index (χ0n) is 12.2. The third-order valence-electron chi connectivity index (χ3n) is 4.65. The summed E-state index contributed by atoms with van der Waals surface area (Å²) in [4.78, 5) is 0. The minimum Gasteiger partial charge on any atom is -0.397 e. The summed E-state index contributed by atoms with van der Waals surface area (Å²) < 4.78 is 1.96. The third-order valence-corrected chi connectivity index (χ3v) is 4.65. The maximum atomic E-state index is 6.26. The first-order valence-corrected chi connectivity index (χ1v) is 8.08. The molecule has 0 atom stereocenters. The van der Waals surface area contributed by atoms with Gasteiger partial charge in [0, 0.05) is 11.8 Å². The van der Waals surface area contributed by atoms with Crippen molar-refractivity contribution < 1.29 is 0 Å². The van der Waals surface area contributed by atoms with E-state index in [4.69, 9.17) is 5.73 Å². The number of nitrogen functional groups attached to an aromatic ring is 1. The van der Waals surface area contributed by atoms with Gasteiger partial charge in [0.25, 0.3) is 0 Å². The molecule has 20 heavy (non-hydrogen) atoms. The molecule has 0 saturated heterocycles. The van der Waals surface area contributed by atoms with Gasteiger partial charge in [-0.25, -0.2) is 4.52 Å². The van der Waals surface area contributed by atoms with Crippen LogP contribution in [-0.4, -0.2) is 9.61 Å². The van der Waals surface area contributed by atoms with Crippen molar-refractivity contribution in [3.05, 3.63) is 30.1 Å². The Labute approximate surface area is 121 Å². The van der Waals surface area contributed by atoms with E-state index in [0.717, 1.165) is 5.69 Å². The zero-order chi connectivity index (χ0) is 13.8. The van der Waals surface area contributed by atoms with E-state index in [-0.39, 0.29) is 0 Å². The quantitative estimate of drug-likeness (QED) is 0.828. The van der Waals surface area contributed by atoms with Gasteiger partial charge in [-0.3, -0.25) is 0 Å². The van der Waals surface area contributed by atoms with Crippen LogP contribution in [0.4, 0.5) is 5.69 Å². The highest BCUT2D eigenvalue weighted by molar-refractivity contribution is 5.66. The van der Waals surface area contributed by atoms with Gasteiger partial charge in [0.15, 0.2) is 0 Å². The number of nitrogens with two attached hydrogens (primary N) is 1. The van der Waals surface area contributed by atoms with E-state index < -0.39 is 0 Å². The van der Waals surface area contributed by atoms with Gasteiger partial charge in [-0.2, -0.15) is 5.10 Å². The molecule has 0 bridgehead atoms. The lowest BCUT2D eigenvalue weighted by molar-refractivity contribution is 0.464. The summed E-state index contributed by atoms with van der Waals surface area (Å²) in [5.74, 6) is 0.605. The Bertz CT molecular complexity index is 548. The summed E-state index contributed by atoms with van der Waals surface area (Å²) in [6.45, 7) is 0. The molecule has 0 spiro atoms. The average Bonchev–Trinajstić information content (AvgIpc) is 2.93. The largest absolute Gasteiger partial charge is 0.397 e. The molecule has 0 unspecified atom stereocenters. The normalized spacial score (nSPS) is 19.2. The van der Waals surface area contributed by atoms with Crippen molar-refractivity contribution in [2.45, 2.75) is 63.7 Å². The minimum absolute atomic E-state index is 0.605. The van der Waals surface area contributed by atoms with Gasteiger partial charge < -0.3 is 5.73 Å². The molecule has 0 amide bonds. The summed E-state index contributed by atoms with van der Waals surface area (Å²) in [5, 5.41) is 4.36. The molecule has 3 heteroatoms. The lowest BCUT2D eigenvalue weighted by Crippen LogP contribution is -2.08. The second-order valence-electron chi connectivity index (χ2n) is 6.10. The number of fused-ring (bicyclic) bond motifs is 1. The van der Waals surface area contributed by atoms with Gasteiger partial charge >= 0.3 is 0 Å². The van der Waals surface area contributed by atoms with Crippen molar-refractivity contribution in [2.75, 3.05) is 5.73 Å². The Morgan fingerprint density at radius 1 is 1.00 bits per heavy atom. The van der Waals surface area contributed by atoms with Crippen LogP contribution in [0.2, 0.25) is 0 Å². The Balaban J connectivity index is 1.90. The molecule has 3 rings (SSSR count). The molecule has 2 aromatic rings. The van der Waals surface area contributed by atoms with E-state index >= 15 is 0 Å². The lowest BCUT2D eigenvalue weighted by Gasteiger charge is -2.21. The fraction of sp³-hybridized carbons (Fsp3) is 0.588. The van der Waals surface area contributed by atoms with Crippen LogP contribution in [0, 0.1) is 0 Å². The SMILES string of the molecule is Nc1cnn2cccc2c1C1CCCCCCCCC1. The average molecular weight is 271 g/mol. The molecule has 2 N–H and O–H groups in total. The molecular formula is C17H25N3. The molecule has 1 aliphatic rings. The number of hydrogen-bond acceptors (Lipinski definition) is 2. The first kappa shape index (κ1) is 13.5. The topological polar surface area (TPSA) is 43.3 Å². The predicted molar refractivity (Wildman–Crippen MR) is 83.9 cm³/mol.